The Balaban J connectivity index is 1.50. The first-order valence-electron chi connectivity index (χ1n) is 9.52. The van der Waals surface area contributed by atoms with E-state index in [1.165, 1.54) is 6.21 Å². The lowest BCUT2D eigenvalue weighted by atomic mass is 10.2. The van der Waals surface area contributed by atoms with Crippen molar-refractivity contribution in [3.63, 3.8) is 0 Å². The van der Waals surface area contributed by atoms with Gasteiger partial charge in [0.15, 0.2) is 0 Å². The van der Waals surface area contributed by atoms with Crippen molar-refractivity contribution in [2.24, 2.45) is 5.10 Å². The molecule has 0 saturated carbocycles. The lowest BCUT2D eigenvalue weighted by molar-refractivity contribution is -0.120. The summed E-state index contributed by atoms with van der Waals surface area (Å²) in [6.07, 6.45) is 2.16. The summed E-state index contributed by atoms with van der Waals surface area (Å²) >= 11 is 0. The first-order valence-corrected chi connectivity index (χ1v) is 9.52. The number of nitrogens with zero attached hydrogens (tertiary/aromatic N) is 1. The van der Waals surface area contributed by atoms with Gasteiger partial charge in [0.2, 0.25) is 0 Å². The molecular weight excluding hydrogens is 384 g/mol. The van der Waals surface area contributed by atoms with E-state index in [1.54, 1.807) is 36.4 Å². The van der Waals surface area contributed by atoms with Crippen LogP contribution in [0.25, 0.3) is 10.9 Å². The van der Waals surface area contributed by atoms with Gasteiger partial charge in [0.05, 0.1) is 24.9 Å². The average molecular weight is 406 g/mol. The molecule has 0 aliphatic rings. The van der Waals surface area contributed by atoms with Gasteiger partial charge in [0.1, 0.15) is 5.75 Å². The van der Waals surface area contributed by atoms with E-state index in [0.29, 0.717) is 23.5 Å². The van der Waals surface area contributed by atoms with Gasteiger partial charge in [0, 0.05) is 11.1 Å². The van der Waals surface area contributed by atoms with Gasteiger partial charge in [-0.3, -0.25) is 14.4 Å². The summed E-state index contributed by atoms with van der Waals surface area (Å²) in [6, 6.07) is 15.7. The van der Waals surface area contributed by atoms with Crippen LogP contribution in [0, 0.1) is 0 Å². The summed E-state index contributed by atoms with van der Waals surface area (Å²) in [7, 11) is 0. The molecular formula is C22H22N4O4. The second kappa shape index (κ2) is 10.0. The maximum Gasteiger partial charge on any atom is 0.259 e. The smallest absolute Gasteiger partial charge is 0.259 e. The zero-order valence-corrected chi connectivity index (χ0v) is 16.5. The van der Waals surface area contributed by atoms with Crippen molar-refractivity contribution < 1.29 is 14.3 Å². The Morgan fingerprint density at radius 3 is 2.67 bits per heavy atom. The number of H-pyrrole nitrogens is 1. The minimum atomic E-state index is -0.514. The Morgan fingerprint density at radius 1 is 1.13 bits per heavy atom. The van der Waals surface area contributed by atoms with Gasteiger partial charge in [-0.05, 0) is 48.2 Å². The molecule has 0 atom stereocenters. The number of benzene rings is 2. The molecule has 30 heavy (non-hydrogen) atoms. The molecule has 0 spiro atoms. The van der Waals surface area contributed by atoms with E-state index >= 15 is 0 Å². The number of ether oxygens (including phenoxy) is 1. The average Bonchev–Trinajstić information content (AvgIpc) is 2.76. The number of carbonyl (C=O) groups excluding carboxylic acids is 2. The third-order valence-corrected chi connectivity index (χ3v) is 4.17. The summed E-state index contributed by atoms with van der Waals surface area (Å²) in [5.41, 5.74) is 3.42. The highest BCUT2D eigenvalue weighted by Gasteiger charge is 2.08. The molecule has 0 aliphatic heterocycles. The van der Waals surface area contributed by atoms with Crippen molar-refractivity contribution in [3.05, 3.63) is 76.1 Å². The molecule has 2 aromatic carbocycles. The van der Waals surface area contributed by atoms with Crippen LogP contribution >= 0.6 is 0 Å². The number of aromatic amines is 1. The molecule has 3 N–H and O–H groups in total. The van der Waals surface area contributed by atoms with Crippen molar-refractivity contribution in [2.75, 3.05) is 13.2 Å². The number of amides is 2. The second-order valence-electron chi connectivity index (χ2n) is 6.49. The van der Waals surface area contributed by atoms with Crippen LogP contribution in [-0.2, 0) is 4.79 Å². The van der Waals surface area contributed by atoms with Gasteiger partial charge in [-0.15, -0.1) is 0 Å². The third-order valence-electron chi connectivity index (χ3n) is 4.17. The Morgan fingerprint density at radius 2 is 1.90 bits per heavy atom. The van der Waals surface area contributed by atoms with Crippen molar-refractivity contribution in [2.45, 2.75) is 13.3 Å². The molecule has 0 radical (unpaired) electrons. The Kier molecular flexibility index (Phi) is 6.94. The molecule has 2 amide bonds. The molecule has 3 rings (SSSR count). The number of carbonyl (C=O) groups is 2. The minimum absolute atomic E-state index is 0.252. The van der Waals surface area contributed by atoms with E-state index in [1.807, 2.05) is 25.1 Å². The highest BCUT2D eigenvalue weighted by molar-refractivity contribution is 5.96. The Labute approximate surface area is 173 Å². The summed E-state index contributed by atoms with van der Waals surface area (Å²) < 4.78 is 5.46. The standard InChI is InChI=1S/C22H22N4O4/c1-2-11-30-18-9-7-15(8-10-18)21(28)23-14-20(27)26-24-13-17-12-16-5-3-4-6-19(16)25-22(17)29/h3-10,12-13H,2,11,14H2,1H3,(H,23,28)(H,25,29)(H,26,27)/b24-13+. The minimum Gasteiger partial charge on any atom is -0.494 e. The van der Waals surface area contributed by atoms with Gasteiger partial charge < -0.3 is 15.0 Å². The normalized spacial score (nSPS) is 10.8. The molecule has 1 heterocycles. The summed E-state index contributed by atoms with van der Waals surface area (Å²) in [6.45, 7) is 2.37. The first kappa shape index (κ1) is 20.8. The molecule has 0 bridgehead atoms. The highest BCUT2D eigenvalue weighted by Crippen LogP contribution is 2.12. The van der Waals surface area contributed by atoms with Gasteiger partial charge in [-0.2, -0.15) is 5.10 Å². The number of hydrogen-bond acceptors (Lipinski definition) is 5. The summed E-state index contributed by atoms with van der Waals surface area (Å²) in [5.74, 6) is -0.217. The fourth-order valence-electron chi connectivity index (χ4n) is 2.66. The highest BCUT2D eigenvalue weighted by atomic mass is 16.5. The summed E-state index contributed by atoms with van der Waals surface area (Å²) in [4.78, 5) is 38.8. The number of hydrazone groups is 1. The van der Waals surface area contributed by atoms with Crippen molar-refractivity contribution in [1.82, 2.24) is 15.7 Å². The van der Waals surface area contributed by atoms with E-state index in [2.05, 4.69) is 20.8 Å². The quantitative estimate of drug-likeness (QED) is 0.393. The zero-order chi connectivity index (χ0) is 21.3. The van der Waals surface area contributed by atoms with Gasteiger partial charge in [-0.1, -0.05) is 25.1 Å². The van der Waals surface area contributed by atoms with Crippen molar-refractivity contribution in [3.8, 4) is 5.75 Å². The Hall–Kier alpha value is -3.94. The molecule has 0 fully saturated rings. The van der Waals surface area contributed by atoms with Crippen LogP contribution in [0.4, 0.5) is 0 Å². The van der Waals surface area contributed by atoms with Crippen molar-refractivity contribution in [1.29, 1.82) is 0 Å². The predicted molar refractivity (Wildman–Crippen MR) is 115 cm³/mol. The summed E-state index contributed by atoms with van der Waals surface area (Å²) in [5, 5.41) is 7.15. The van der Waals surface area contributed by atoms with E-state index in [-0.39, 0.29) is 18.0 Å². The molecule has 0 aliphatic carbocycles. The fraction of sp³-hybridized carbons (Fsp3) is 0.182. The molecule has 3 aromatic rings. The third kappa shape index (κ3) is 5.54. The fourth-order valence-corrected chi connectivity index (χ4v) is 2.66. The number of para-hydroxylation sites is 1. The molecule has 0 saturated heterocycles. The van der Waals surface area contributed by atoms with Gasteiger partial charge in [0.25, 0.3) is 17.4 Å². The monoisotopic (exact) mass is 406 g/mol. The lowest BCUT2D eigenvalue weighted by Crippen LogP contribution is -2.35. The van der Waals surface area contributed by atoms with Crippen LogP contribution in [0.3, 0.4) is 0 Å². The number of fused-ring (bicyclic) bond motifs is 1. The van der Waals surface area contributed by atoms with Gasteiger partial charge in [-0.25, -0.2) is 5.43 Å². The number of aromatic nitrogens is 1. The predicted octanol–water partition coefficient (Wildman–Crippen LogP) is 2.20. The maximum atomic E-state index is 12.1. The largest absolute Gasteiger partial charge is 0.494 e. The van der Waals surface area contributed by atoms with E-state index < -0.39 is 5.91 Å². The van der Waals surface area contributed by atoms with Gasteiger partial charge >= 0.3 is 0 Å². The zero-order valence-electron chi connectivity index (χ0n) is 16.5. The molecule has 1 aromatic heterocycles. The first-order chi connectivity index (χ1) is 14.6. The molecule has 0 unspecified atom stereocenters. The van der Waals surface area contributed by atoms with Crippen LogP contribution in [0.15, 0.2) is 64.5 Å². The number of pyridine rings is 1. The number of nitrogens with one attached hydrogen (secondary N) is 3. The lowest BCUT2D eigenvalue weighted by Gasteiger charge is -2.07. The maximum absolute atomic E-state index is 12.1. The van der Waals surface area contributed by atoms with E-state index in [4.69, 9.17) is 4.74 Å². The SMILES string of the molecule is CCCOc1ccc(C(=O)NCC(=O)N/N=C/c2cc3ccccc3[nH]c2=O)cc1. The second-order valence-corrected chi connectivity index (χ2v) is 6.49. The topological polar surface area (TPSA) is 113 Å². The van der Waals surface area contributed by atoms with Crippen LogP contribution in [-0.4, -0.2) is 36.2 Å². The van der Waals surface area contributed by atoms with Crippen LogP contribution in [0.2, 0.25) is 0 Å². The van der Waals surface area contributed by atoms with E-state index in [9.17, 15) is 14.4 Å². The van der Waals surface area contributed by atoms with Crippen LogP contribution in [0.1, 0.15) is 29.3 Å². The van der Waals surface area contributed by atoms with Crippen molar-refractivity contribution >= 4 is 28.9 Å². The molecule has 8 nitrogen and oxygen atoms in total. The van der Waals surface area contributed by atoms with Crippen LogP contribution < -0.4 is 21.0 Å². The number of hydrogen-bond donors (Lipinski definition) is 3. The molecule has 154 valence electrons. The number of rotatable bonds is 8. The van der Waals surface area contributed by atoms with E-state index in [0.717, 1.165) is 17.3 Å². The van der Waals surface area contributed by atoms with Crippen LogP contribution in [0.5, 0.6) is 5.75 Å². The molecule has 8 heteroatoms. The Bertz CT molecular complexity index is 1120.